The molecular formula is C15H22ClNS. The molecule has 0 atom stereocenters. The maximum Gasteiger partial charge on any atom is 0.171 e. The zero-order valence-corrected chi connectivity index (χ0v) is 12.6. The lowest BCUT2D eigenvalue weighted by molar-refractivity contribution is 0.607. The molecule has 1 nitrogen and oxygen atoms in total. The van der Waals surface area contributed by atoms with Gasteiger partial charge in [0, 0.05) is 5.69 Å². The Hall–Kier alpha value is -0.600. The molecule has 0 aromatic heterocycles. The summed E-state index contributed by atoms with van der Waals surface area (Å²) in [5.41, 5.74) is 2.35. The van der Waals surface area contributed by atoms with Crippen LogP contribution in [0.2, 0.25) is 0 Å². The molecule has 18 heavy (non-hydrogen) atoms. The Balaban J connectivity index is 2.20. The maximum atomic E-state index is 5.62. The van der Waals surface area contributed by atoms with Crippen LogP contribution in [-0.2, 0) is 6.42 Å². The summed E-state index contributed by atoms with van der Waals surface area (Å²) in [4.78, 5) is 0. The molecule has 0 fully saturated rings. The van der Waals surface area contributed by atoms with Crippen LogP contribution in [0.1, 0.15) is 51.0 Å². The van der Waals surface area contributed by atoms with Crippen molar-refractivity contribution in [2.75, 3.05) is 5.32 Å². The van der Waals surface area contributed by atoms with Gasteiger partial charge in [0.1, 0.15) is 0 Å². The van der Waals surface area contributed by atoms with Crippen LogP contribution in [0.4, 0.5) is 5.69 Å². The molecule has 0 unspecified atom stereocenters. The van der Waals surface area contributed by atoms with Crippen molar-refractivity contribution >= 4 is 34.0 Å². The third-order valence-electron chi connectivity index (χ3n) is 3.02. The van der Waals surface area contributed by atoms with Crippen LogP contribution in [0.5, 0.6) is 0 Å². The molecular weight excluding hydrogens is 262 g/mol. The molecule has 1 aromatic rings. The van der Waals surface area contributed by atoms with E-state index >= 15 is 0 Å². The fourth-order valence-corrected chi connectivity index (χ4v) is 2.20. The fraction of sp³-hybridized carbons (Fsp3) is 0.533. The number of unbranched alkanes of at least 4 members (excludes halogenated alkanes) is 5. The summed E-state index contributed by atoms with van der Waals surface area (Å²) in [6.07, 6.45) is 9.23. The van der Waals surface area contributed by atoms with Crippen molar-refractivity contribution in [2.45, 2.75) is 51.9 Å². The Morgan fingerprint density at radius 3 is 2.28 bits per heavy atom. The number of hydrogen-bond donors (Lipinski definition) is 1. The van der Waals surface area contributed by atoms with Gasteiger partial charge < -0.3 is 5.32 Å². The first-order valence-corrected chi connectivity index (χ1v) is 7.56. The van der Waals surface area contributed by atoms with E-state index in [-0.39, 0.29) is 0 Å². The van der Waals surface area contributed by atoms with E-state index in [1.807, 2.05) is 12.1 Å². The number of aryl methyl sites for hydroxylation is 1. The van der Waals surface area contributed by atoms with Crippen LogP contribution in [0, 0.1) is 0 Å². The van der Waals surface area contributed by atoms with Gasteiger partial charge in [0.05, 0.1) is 0 Å². The molecule has 0 radical (unpaired) electrons. The Labute approximate surface area is 121 Å². The van der Waals surface area contributed by atoms with Crippen LogP contribution in [0.15, 0.2) is 24.3 Å². The Kier molecular flexibility index (Phi) is 8.03. The van der Waals surface area contributed by atoms with Gasteiger partial charge in [-0.25, -0.2) is 0 Å². The van der Waals surface area contributed by atoms with Crippen molar-refractivity contribution in [3.8, 4) is 0 Å². The van der Waals surface area contributed by atoms with E-state index in [4.69, 9.17) is 23.8 Å². The van der Waals surface area contributed by atoms with Crippen LogP contribution in [-0.4, -0.2) is 4.45 Å². The van der Waals surface area contributed by atoms with E-state index in [1.54, 1.807) is 0 Å². The van der Waals surface area contributed by atoms with Crippen LogP contribution in [0.25, 0.3) is 0 Å². The molecule has 0 saturated heterocycles. The maximum absolute atomic E-state index is 5.62. The zero-order chi connectivity index (χ0) is 13.2. The van der Waals surface area contributed by atoms with E-state index < -0.39 is 0 Å². The van der Waals surface area contributed by atoms with Gasteiger partial charge in [-0.05, 0) is 42.8 Å². The van der Waals surface area contributed by atoms with E-state index in [1.165, 1.54) is 44.1 Å². The third-order valence-corrected chi connectivity index (χ3v) is 3.21. The molecule has 0 aliphatic rings. The topological polar surface area (TPSA) is 12.0 Å². The lowest BCUT2D eigenvalue weighted by Crippen LogP contribution is -2.00. The lowest BCUT2D eigenvalue weighted by Gasteiger charge is -2.05. The first-order valence-electron chi connectivity index (χ1n) is 6.78. The van der Waals surface area contributed by atoms with Gasteiger partial charge in [0.2, 0.25) is 0 Å². The minimum atomic E-state index is 0.290. The normalized spacial score (nSPS) is 10.3. The first kappa shape index (κ1) is 15.5. The van der Waals surface area contributed by atoms with Crippen molar-refractivity contribution in [3.05, 3.63) is 29.8 Å². The summed E-state index contributed by atoms with van der Waals surface area (Å²) >= 11 is 10.4. The molecule has 1 N–H and O–H groups in total. The highest BCUT2D eigenvalue weighted by Gasteiger charge is 1.96. The van der Waals surface area contributed by atoms with Crippen molar-refractivity contribution in [1.29, 1.82) is 0 Å². The second kappa shape index (κ2) is 9.35. The van der Waals surface area contributed by atoms with Gasteiger partial charge in [0.25, 0.3) is 0 Å². The molecule has 1 rings (SSSR count). The molecule has 0 spiro atoms. The lowest BCUT2D eigenvalue weighted by atomic mass is 10.0. The summed E-state index contributed by atoms with van der Waals surface area (Å²) in [6, 6.07) is 8.34. The molecule has 0 saturated carbocycles. The van der Waals surface area contributed by atoms with Gasteiger partial charge in [-0.15, -0.1) is 0 Å². The third kappa shape index (κ3) is 6.97. The molecule has 100 valence electrons. The number of rotatable bonds is 8. The first-order chi connectivity index (χ1) is 8.72. The summed E-state index contributed by atoms with van der Waals surface area (Å²) in [7, 11) is 0. The summed E-state index contributed by atoms with van der Waals surface area (Å²) in [6.45, 7) is 2.25. The molecule has 0 aliphatic heterocycles. The van der Waals surface area contributed by atoms with Crippen LogP contribution in [0.3, 0.4) is 0 Å². The van der Waals surface area contributed by atoms with Crippen LogP contribution >= 0.6 is 23.8 Å². The smallest absolute Gasteiger partial charge is 0.171 e. The highest BCUT2D eigenvalue weighted by molar-refractivity contribution is 7.83. The molecule has 0 aliphatic carbocycles. The van der Waals surface area contributed by atoms with E-state index in [0.29, 0.717) is 4.45 Å². The molecule has 3 heteroatoms. The van der Waals surface area contributed by atoms with E-state index in [0.717, 1.165) is 12.1 Å². The van der Waals surface area contributed by atoms with E-state index in [2.05, 4.69) is 24.4 Å². The van der Waals surface area contributed by atoms with Gasteiger partial charge >= 0.3 is 0 Å². The largest absolute Gasteiger partial charge is 0.337 e. The predicted molar refractivity (Wildman–Crippen MR) is 85.6 cm³/mol. The molecule has 1 aromatic carbocycles. The Bertz CT molecular complexity index is 348. The van der Waals surface area contributed by atoms with Gasteiger partial charge in [-0.1, -0.05) is 62.8 Å². The van der Waals surface area contributed by atoms with Crippen LogP contribution < -0.4 is 5.32 Å². The van der Waals surface area contributed by atoms with Crippen molar-refractivity contribution < 1.29 is 0 Å². The van der Waals surface area contributed by atoms with Crippen molar-refractivity contribution in [1.82, 2.24) is 0 Å². The monoisotopic (exact) mass is 283 g/mol. The molecule has 0 amide bonds. The Morgan fingerprint density at radius 2 is 1.67 bits per heavy atom. The van der Waals surface area contributed by atoms with Gasteiger partial charge in [-0.3, -0.25) is 0 Å². The van der Waals surface area contributed by atoms with E-state index in [9.17, 15) is 0 Å². The summed E-state index contributed by atoms with van der Waals surface area (Å²) < 4.78 is 0.290. The summed E-state index contributed by atoms with van der Waals surface area (Å²) in [5, 5.41) is 2.92. The SMILES string of the molecule is CCCCCCCCc1ccc(NC(=S)Cl)cc1. The fourth-order valence-electron chi connectivity index (χ4n) is 1.98. The van der Waals surface area contributed by atoms with Crippen molar-refractivity contribution in [2.24, 2.45) is 0 Å². The average Bonchev–Trinajstić information content (AvgIpc) is 2.35. The van der Waals surface area contributed by atoms with Gasteiger partial charge in [-0.2, -0.15) is 0 Å². The van der Waals surface area contributed by atoms with Crippen molar-refractivity contribution in [3.63, 3.8) is 0 Å². The summed E-state index contributed by atoms with van der Waals surface area (Å²) in [5.74, 6) is 0. The highest BCUT2D eigenvalue weighted by Crippen LogP contribution is 2.14. The number of benzene rings is 1. The standard InChI is InChI=1S/C15H22ClNS/c1-2-3-4-5-6-7-8-13-9-11-14(12-10-13)17-15(16)18/h9-12H,2-8H2,1H3,(H,17,18). The number of nitrogens with one attached hydrogen (secondary N) is 1. The number of anilines is 1. The second-order valence-electron chi connectivity index (χ2n) is 4.61. The molecule has 0 bridgehead atoms. The minimum absolute atomic E-state index is 0.290. The second-order valence-corrected chi connectivity index (χ2v) is 5.62. The Morgan fingerprint density at radius 1 is 1.06 bits per heavy atom. The average molecular weight is 284 g/mol. The molecule has 0 heterocycles. The number of halogens is 1. The minimum Gasteiger partial charge on any atom is -0.337 e. The number of thiocarbonyl (C=S) groups is 1. The zero-order valence-electron chi connectivity index (χ0n) is 11.0. The number of hydrogen-bond acceptors (Lipinski definition) is 1. The quantitative estimate of drug-likeness (QED) is 0.291. The van der Waals surface area contributed by atoms with Gasteiger partial charge in [0.15, 0.2) is 4.45 Å². The highest BCUT2D eigenvalue weighted by atomic mass is 35.5. The predicted octanol–water partition coefficient (Wildman–Crippen LogP) is 5.53.